The van der Waals surface area contributed by atoms with Gasteiger partial charge < -0.3 is 10.2 Å². The number of amides is 2. The number of carbonyl (C=O) groups excluding carboxylic acids is 2. The highest BCUT2D eigenvalue weighted by atomic mass is 19.1. The minimum atomic E-state index is -0.325. The lowest BCUT2D eigenvalue weighted by atomic mass is 10.0. The molecule has 1 aliphatic rings. The Hall–Kier alpha value is -1.91. The number of rotatable bonds is 6. The lowest BCUT2D eigenvalue weighted by Gasteiger charge is -2.32. The van der Waals surface area contributed by atoms with Crippen LogP contribution in [0.5, 0.6) is 0 Å². The van der Waals surface area contributed by atoms with Crippen LogP contribution in [0.4, 0.5) is 4.39 Å². The molecule has 2 amide bonds. The van der Waals surface area contributed by atoms with Gasteiger partial charge in [0.15, 0.2) is 0 Å². The van der Waals surface area contributed by atoms with E-state index in [0.717, 1.165) is 25.7 Å². The zero-order valence-electron chi connectivity index (χ0n) is 13.7. The van der Waals surface area contributed by atoms with Crippen molar-refractivity contribution in [3.8, 4) is 0 Å². The van der Waals surface area contributed by atoms with Gasteiger partial charge in [0.25, 0.3) is 0 Å². The van der Waals surface area contributed by atoms with Crippen LogP contribution in [0, 0.1) is 5.82 Å². The summed E-state index contributed by atoms with van der Waals surface area (Å²) in [5, 5.41) is 2.99. The molecule has 1 N–H and O–H groups in total. The van der Waals surface area contributed by atoms with Crippen LogP contribution in [0.25, 0.3) is 0 Å². The van der Waals surface area contributed by atoms with Gasteiger partial charge in [0.2, 0.25) is 11.8 Å². The molecular formula is C18H25FN2O2. The summed E-state index contributed by atoms with van der Waals surface area (Å²) in [7, 11) is 0. The second-order valence-electron chi connectivity index (χ2n) is 6.13. The van der Waals surface area contributed by atoms with Crippen LogP contribution in [-0.2, 0) is 16.0 Å². The van der Waals surface area contributed by atoms with Gasteiger partial charge in [-0.15, -0.1) is 0 Å². The predicted octanol–water partition coefficient (Wildman–Crippen LogP) is 2.67. The van der Waals surface area contributed by atoms with Gasteiger partial charge in [-0.1, -0.05) is 25.5 Å². The summed E-state index contributed by atoms with van der Waals surface area (Å²) in [4.78, 5) is 25.9. The monoisotopic (exact) mass is 320 g/mol. The van der Waals surface area contributed by atoms with Crippen molar-refractivity contribution in [2.24, 2.45) is 0 Å². The molecule has 0 aliphatic carbocycles. The number of carbonyl (C=O) groups is 2. The highest BCUT2D eigenvalue weighted by Gasteiger charge is 2.23. The zero-order valence-corrected chi connectivity index (χ0v) is 13.7. The first-order chi connectivity index (χ1) is 11.1. The summed E-state index contributed by atoms with van der Waals surface area (Å²) in [5.41, 5.74) is 0.676. The van der Waals surface area contributed by atoms with Crippen molar-refractivity contribution in [2.75, 3.05) is 13.1 Å². The maximum Gasteiger partial charge on any atom is 0.224 e. The maximum absolute atomic E-state index is 13.1. The Kier molecular flexibility index (Phi) is 6.56. The van der Waals surface area contributed by atoms with Crippen LogP contribution in [0.15, 0.2) is 24.3 Å². The molecule has 4 nitrogen and oxygen atoms in total. The number of unbranched alkanes of at least 4 members (excludes halogenated alkanes) is 1. The highest BCUT2D eigenvalue weighted by molar-refractivity contribution is 5.79. The van der Waals surface area contributed by atoms with E-state index in [-0.39, 0.29) is 30.1 Å². The molecule has 23 heavy (non-hydrogen) atoms. The van der Waals surface area contributed by atoms with E-state index in [2.05, 4.69) is 12.2 Å². The fourth-order valence-electron chi connectivity index (χ4n) is 2.87. The lowest BCUT2D eigenvalue weighted by molar-refractivity contribution is -0.132. The average molecular weight is 320 g/mol. The second-order valence-corrected chi connectivity index (χ2v) is 6.13. The Morgan fingerprint density at radius 2 is 2.04 bits per heavy atom. The van der Waals surface area contributed by atoms with Crippen molar-refractivity contribution in [3.63, 3.8) is 0 Å². The van der Waals surface area contributed by atoms with Crippen molar-refractivity contribution in [1.82, 2.24) is 10.2 Å². The smallest absolute Gasteiger partial charge is 0.224 e. The van der Waals surface area contributed by atoms with Crippen molar-refractivity contribution in [1.29, 1.82) is 0 Å². The van der Waals surface area contributed by atoms with E-state index >= 15 is 0 Å². The van der Waals surface area contributed by atoms with Crippen LogP contribution >= 0.6 is 0 Å². The number of nitrogens with one attached hydrogen (secondary N) is 1. The largest absolute Gasteiger partial charge is 0.353 e. The number of benzene rings is 1. The first-order valence-electron chi connectivity index (χ1n) is 8.40. The van der Waals surface area contributed by atoms with Gasteiger partial charge in [0.1, 0.15) is 5.82 Å². The molecule has 0 unspecified atom stereocenters. The van der Waals surface area contributed by atoms with Gasteiger partial charge in [0, 0.05) is 25.6 Å². The summed E-state index contributed by atoms with van der Waals surface area (Å²) >= 11 is 0. The molecule has 0 atom stereocenters. The Bertz CT molecular complexity index is 540. The molecule has 1 fully saturated rings. The molecule has 5 heteroatoms. The van der Waals surface area contributed by atoms with E-state index < -0.39 is 0 Å². The molecule has 0 radical (unpaired) electrons. The maximum atomic E-state index is 13.1. The van der Waals surface area contributed by atoms with Gasteiger partial charge in [-0.05, 0) is 37.0 Å². The third-order valence-electron chi connectivity index (χ3n) is 4.21. The summed E-state index contributed by atoms with van der Waals surface area (Å²) in [6.45, 7) is 3.48. The van der Waals surface area contributed by atoms with Crippen molar-refractivity contribution >= 4 is 11.8 Å². The van der Waals surface area contributed by atoms with Crippen LogP contribution < -0.4 is 5.32 Å². The first-order valence-corrected chi connectivity index (χ1v) is 8.40. The number of likely N-dealkylation sites (tertiary alicyclic amines) is 1. The van der Waals surface area contributed by atoms with Gasteiger partial charge in [-0.3, -0.25) is 9.59 Å². The van der Waals surface area contributed by atoms with Gasteiger partial charge >= 0.3 is 0 Å². The SMILES string of the molecule is CCCCC(=O)N1CCC(NC(=O)Cc2cccc(F)c2)CC1. The van der Waals surface area contributed by atoms with Crippen LogP contribution in [0.1, 0.15) is 44.6 Å². The molecule has 2 rings (SSSR count). The standard InChI is InChI=1S/C18H25FN2O2/c1-2-3-7-18(23)21-10-8-16(9-11-21)20-17(22)13-14-5-4-6-15(19)12-14/h4-6,12,16H,2-3,7-11,13H2,1H3,(H,20,22). The summed E-state index contributed by atoms with van der Waals surface area (Å²) in [6, 6.07) is 6.21. The quantitative estimate of drug-likeness (QED) is 0.876. The normalized spacial score (nSPS) is 15.5. The zero-order chi connectivity index (χ0) is 16.7. The second kappa shape index (κ2) is 8.65. The van der Waals surface area contributed by atoms with E-state index in [1.165, 1.54) is 12.1 Å². The van der Waals surface area contributed by atoms with Crippen LogP contribution in [0.2, 0.25) is 0 Å². The lowest BCUT2D eigenvalue weighted by Crippen LogP contribution is -2.46. The molecule has 1 heterocycles. The van der Waals surface area contributed by atoms with Gasteiger partial charge in [-0.25, -0.2) is 4.39 Å². The summed E-state index contributed by atoms with van der Waals surface area (Å²) in [6.07, 6.45) is 4.33. The van der Waals surface area contributed by atoms with E-state index in [1.807, 2.05) is 4.90 Å². The summed E-state index contributed by atoms with van der Waals surface area (Å²) < 4.78 is 13.1. The molecular weight excluding hydrogens is 295 g/mol. The number of hydrogen-bond acceptors (Lipinski definition) is 2. The number of halogens is 1. The fraction of sp³-hybridized carbons (Fsp3) is 0.556. The highest BCUT2D eigenvalue weighted by Crippen LogP contribution is 2.13. The number of hydrogen-bond donors (Lipinski definition) is 1. The van der Waals surface area contributed by atoms with Crippen LogP contribution in [0.3, 0.4) is 0 Å². The van der Waals surface area contributed by atoms with Gasteiger partial charge in [-0.2, -0.15) is 0 Å². The molecule has 0 bridgehead atoms. The van der Waals surface area contributed by atoms with E-state index in [0.29, 0.717) is 25.1 Å². The van der Waals surface area contributed by atoms with Crippen LogP contribution in [-0.4, -0.2) is 35.8 Å². The Morgan fingerprint density at radius 1 is 1.30 bits per heavy atom. The van der Waals surface area contributed by atoms with Gasteiger partial charge in [0.05, 0.1) is 6.42 Å². The number of piperidine rings is 1. The molecule has 1 aliphatic heterocycles. The fourth-order valence-corrected chi connectivity index (χ4v) is 2.87. The van der Waals surface area contributed by atoms with Crippen molar-refractivity contribution in [2.45, 2.75) is 51.5 Å². The molecule has 1 aromatic rings. The topological polar surface area (TPSA) is 49.4 Å². The third-order valence-corrected chi connectivity index (χ3v) is 4.21. The molecule has 1 aromatic carbocycles. The van der Waals surface area contributed by atoms with Crippen molar-refractivity contribution in [3.05, 3.63) is 35.6 Å². The van der Waals surface area contributed by atoms with E-state index in [1.54, 1.807) is 12.1 Å². The third kappa shape index (κ3) is 5.66. The molecule has 0 spiro atoms. The summed E-state index contributed by atoms with van der Waals surface area (Å²) in [5.74, 6) is -0.197. The Labute approximate surface area is 137 Å². The molecule has 1 saturated heterocycles. The van der Waals surface area contributed by atoms with Crippen molar-refractivity contribution < 1.29 is 14.0 Å². The van der Waals surface area contributed by atoms with E-state index in [4.69, 9.17) is 0 Å². The molecule has 0 aromatic heterocycles. The Balaban J connectivity index is 1.73. The van der Waals surface area contributed by atoms with E-state index in [9.17, 15) is 14.0 Å². The Morgan fingerprint density at radius 3 is 2.70 bits per heavy atom. The predicted molar refractivity (Wildman–Crippen MR) is 87.4 cm³/mol. The molecule has 126 valence electrons. The minimum absolute atomic E-state index is 0.0913. The minimum Gasteiger partial charge on any atom is -0.353 e. The molecule has 0 saturated carbocycles. The first kappa shape index (κ1) is 17.4. The number of nitrogens with zero attached hydrogens (tertiary/aromatic N) is 1. The average Bonchev–Trinajstić information content (AvgIpc) is 2.53.